The summed E-state index contributed by atoms with van der Waals surface area (Å²) >= 11 is 5.93. The van der Waals surface area contributed by atoms with Crippen LogP contribution in [0.15, 0.2) is 22.8 Å². The minimum Gasteiger partial charge on any atom is -0.459 e. The molecule has 1 rings (SSSR count). The molecular weight excluding hydrogens is 224 g/mol. The van der Waals surface area contributed by atoms with E-state index in [4.69, 9.17) is 16.3 Å². The summed E-state index contributed by atoms with van der Waals surface area (Å²) in [7, 11) is 0. The number of hydrogen-bond donors (Lipinski definition) is 0. The third-order valence-electron chi connectivity index (χ3n) is 2.42. The minimum absolute atomic E-state index is 0.152. The molecule has 1 atom stereocenters. The Morgan fingerprint density at radius 2 is 2.19 bits per heavy atom. The van der Waals surface area contributed by atoms with E-state index in [1.54, 1.807) is 0 Å². The monoisotopic (exact) mass is 242 g/mol. The highest BCUT2D eigenvalue weighted by Crippen LogP contribution is 2.30. The summed E-state index contributed by atoms with van der Waals surface area (Å²) in [5.41, 5.74) is 0.628. The lowest BCUT2D eigenvalue weighted by molar-refractivity contribution is -0.158. The van der Waals surface area contributed by atoms with Crippen LogP contribution in [0.25, 0.3) is 0 Å². The topological polar surface area (TPSA) is 26.3 Å². The molecule has 1 aliphatic carbocycles. The Bertz CT molecular complexity index is 334. The number of esters is 1. The smallest absolute Gasteiger partial charge is 0.313 e. The van der Waals surface area contributed by atoms with E-state index in [-0.39, 0.29) is 11.9 Å². The molecular formula is C13H19ClO2. The van der Waals surface area contributed by atoms with Crippen LogP contribution in [-0.2, 0) is 9.53 Å². The fourth-order valence-electron chi connectivity index (χ4n) is 1.69. The van der Waals surface area contributed by atoms with Crippen LogP contribution >= 0.6 is 11.6 Å². The van der Waals surface area contributed by atoms with Crippen LogP contribution in [0.4, 0.5) is 0 Å². The van der Waals surface area contributed by atoms with Crippen molar-refractivity contribution in [2.75, 3.05) is 0 Å². The molecule has 0 aromatic heterocycles. The first-order valence-corrected chi connectivity index (χ1v) is 6.00. The van der Waals surface area contributed by atoms with Crippen molar-refractivity contribution in [1.82, 2.24) is 0 Å². The summed E-state index contributed by atoms with van der Waals surface area (Å²) in [6.07, 6.45) is 5.22. The van der Waals surface area contributed by atoms with Crippen molar-refractivity contribution in [3.8, 4) is 0 Å². The highest BCUT2D eigenvalue weighted by molar-refractivity contribution is 6.31. The summed E-state index contributed by atoms with van der Waals surface area (Å²) < 4.78 is 5.39. The van der Waals surface area contributed by atoms with Gasteiger partial charge in [-0.1, -0.05) is 30.2 Å². The lowest BCUT2D eigenvalue weighted by Gasteiger charge is -2.26. The van der Waals surface area contributed by atoms with Gasteiger partial charge in [0.25, 0.3) is 0 Å². The Kier molecular flexibility index (Phi) is 4.20. The number of ether oxygens (including phenoxy) is 1. The van der Waals surface area contributed by atoms with E-state index >= 15 is 0 Å². The zero-order valence-corrected chi connectivity index (χ0v) is 11.1. The Morgan fingerprint density at radius 3 is 2.69 bits per heavy atom. The summed E-state index contributed by atoms with van der Waals surface area (Å²) in [4.78, 5) is 12.0. The second kappa shape index (κ2) is 5.05. The first kappa shape index (κ1) is 13.3. The van der Waals surface area contributed by atoms with Gasteiger partial charge in [0.05, 0.1) is 5.92 Å². The van der Waals surface area contributed by atoms with Crippen LogP contribution in [0.5, 0.6) is 0 Å². The molecule has 0 amide bonds. The molecule has 2 nitrogen and oxygen atoms in total. The predicted molar refractivity (Wildman–Crippen MR) is 66.3 cm³/mol. The third kappa shape index (κ3) is 3.67. The molecule has 0 radical (unpaired) electrons. The molecule has 1 aliphatic rings. The van der Waals surface area contributed by atoms with Crippen LogP contribution in [0.1, 0.15) is 40.5 Å². The van der Waals surface area contributed by atoms with Gasteiger partial charge in [-0.15, -0.1) is 0 Å². The van der Waals surface area contributed by atoms with E-state index in [9.17, 15) is 4.79 Å². The van der Waals surface area contributed by atoms with Crippen LogP contribution in [-0.4, -0.2) is 11.6 Å². The van der Waals surface area contributed by atoms with Gasteiger partial charge in [-0.05, 0) is 39.7 Å². The maximum absolute atomic E-state index is 12.0. The van der Waals surface area contributed by atoms with Crippen molar-refractivity contribution in [2.24, 2.45) is 5.92 Å². The Hall–Kier alpha value is -0.760. The molecule has 0 saturated heterocycles. The van der Waals surface area contributed by atoms with Crippen molar-refractivity contribution >= 4 is 17.6 Å². The Balaban J connectivity index is 2.75. The molecule has 0 bridgehead atoms. The molecule has 0 aromatic carbocycles. The van der Waals surface area contributed by atoms with Crippen molar-refractivity contribution in [3.63, 3.8) is 0 Å². The average Bonchev–Trinajstić information content (AvgIpc) is 2.14. The van der Waals surface area contributed by atoms with Gasteiger partial charge in [0.2, 0.25) is 0 Å². The Labute approximate surface area is 102 Å². The first-order chi connectivity index (χ1) is 7.33. The van der Waals surface area contributed by atoms with Gasteiger partial charge >= 0.3 is 5.97 Å². The maximum Gasteiger partial charge on any atom is 0.313 e. The van der Waals surface area contributed by atoms with Gasteiger partial charge in [0, 0.05) is 5.03 Å². The lowest BCUT2D eigenvalue weighted by atomic mass is 9.89. The number of hydrogen-bond acceptors (Lipinski definition) is 2. The number of halogens is 1. The van der Waals surface area contributed by atoms with Gasteiger partial charge in [-0.2, -0.15) is 0 Å². The van der Waals surface area contributed by atoms with Crippen LogP contribution in [0, 0.1) is 5.92 Å². The van der Waals surface area contributed by atoms with Gasteiger partial charge in [0.15, 0.2) is 0 Å². The molecule has 0 aliphatic heterocycles. The molecule has 1 unspecified atom stereocenters. The van der Waals surface area contributed by atoms with E-state index in [1.807, 2.05) is 39.8 Å². The number of rotatable bonds is 2. The highest BCUT2D eigenvalue weighted by Gasteiger charge is 2.28. The molecule has 0 heterocycles. The molecule has 0 fully saturated rings. The summed E-state index contributed by atoms with van der Waals surface area (Å²) in [6, 6.07) is 0. The molecule has 0 saturated carbocycles. The molecule has 0 N–H and O–H groups in total. The number of carbonyl (C=O) groups excluding carboxylic acids is 1. The zero-order valence-electron chi connectivity index (χ0n) is 10.3. The minimum atomic E-state index is -0.430. The largest absolute Gasteiger partial charge is 0.459 e. The number of allylic oxidation sites excluding steroid dienone is 3. The van der Waals surface area contributed by atoms with Crippen LogP contribution in [0.3, 0.4) is 0 Å². The fraction of sp³-hybridized carbons (Fsp3) is 0.615. The molecule has 3 heteroatoms. The van der Waals surface area contributed by atoms with E-state index < -0.39 is 5.60 Å². The van der Waals surface area contributed by atoms with Gasteiger partial charge in [-0.25, -0.2) is 0 Å². The highest BCUT2D eigenvalue weighted by atomic mass is 35.5. The second-order valence-corrected chi connectivity index (χ2v) is 5.42. The average molecular weight is 243 g/mol. The molecule has 16 heavy (non-hydrogen) atoms. The lowest BCUT2D eigenvalue weighted by Crippen LogP contribution is -2.30. The Morgan fingerprint density at radius 1 is 1.56 bits per heavy atom. The predicted octanol–water partition coefficient (Wildman–Crippen LogP) is 3.81. The van der Waals surface area contributed by atoms with E-state index in [0.29, 0.717) is 6.42 Å². The summed E-state index contributed by atoms with van der Waals surface area (Å²) in [6.45, 7) is 7.67. The van der Waals surface area contributed by atoms with Crippen molar-refractivity contribution in [2.45, 2.75) is 46.1 Å². The van der Waals surface area contributed by atoms with Crippen LogP contribution < -0.4 is 0 Å². The standard InChI is InChI=1S/C13H19ClO2/c1-5-9-8-10(14)6-7-11(9)12(15)16-13(2,3)4/h6,8,11H,5,7H2,1-4H3. The van der Waals surface area contributed by atoms with Gasteiger partial charge in [-0.3, -0.25) is 4.79 Å². The van der Waals surface area contributed by atoms with Gasteiger partial charge < -0.3 is 4.74 Å². The molecule has 90 valence electrons. The molecule has 0 spiro atoms. The third-order valence-corrected chi connectivity index (χ3v) is 2.68. The van der Waals surface area contributed by atoms with Crippen molar-refractivity contribution in [1.29, 1.82) is 0 Å². The maximum atomic E-state index is 12.0. The first-order valence-electron chi connectivity index (χ1n) is 5.62. The van der Waals surface area contributed by atoms with E-state index in [2.05, 4.69) is 0 Å². The summed E-state index contributed by atoms with van der Waals surface area (Å²) in [5, 5.41) is 0.719. The van der Waals surface area contributed by atoms with E-state index in [0.717, 1.165) is 17.0 Å². The molecule has 0 aromatic rings. The number of carbonyl (C=O) groups is 1. The fourth-order valence-corrected chi connectivity index (χ4v) is 1.92. The summed E-state index contributed by atoms with van der Waals surface area (Å²) in [5.74, 6) is -0.312. The second-order valence-electron chi connectivity index (χ2n) is 4.98. The van der Waals surface area contributed by atoms with Gasteiger partial charge in [0.1, 0.15) is 5.60 Å². The SMILES string of the molecule is CCC1=CC(Cl)=CCC1C(=O)OC(C)(C)C. The van der Waals surface area contributed by atoms with Crippen LogP contribution in [0.2, 0.25) is 0 Å². The van der Waals surface area contributed by atoms with Crippen molar-refractivity contribution in [3.05, 3.63) is 22.8 Å². The van der Waals surface area contributed by atoms with Crippen molar-refractivity contribution < 1.29 is 9.53 Å². The zero-order chi connectivity index (χ0) is 12.3. The quantitative estimate of drug-likeness (QED) is 0.689. The normalized spacial score (nSPS) is 21.2. The van der Waals surface area contributed by atoms with E-state index in [1.165, 1.54) is 0 Å².